The number of ether oxygens (including phenoxy) is 1. The molecule has 2 aromatic carbocycles. The van der Waals surface area contributed by atoms with Gasteiger partial charge in [0.25, 0.3) is 5.91 Å². The summed E-state index contributed by atoms with van der Waals surface area (Å²) in [6.07, 6.45) is 2.50. The zero-order valence-corrected chi connectivity index (χ0v) is 19.4. The van der Waals surface area contributed by atoms with Gasteiger partial charge in [-0.05, 0) is 49.6 Å². The van der Waals surface area contributed by atoms with Crippen LogP contribution in [0.25, 0.3) is 11.3 Å². The summed E-state index contributed by atoms with van der Waals surface area (Å²) in [5, 5.41) is 18.9. The second-order valence-corrected chi connectivity index (χ2v) is 9.67. The Labute approximate surface area is 201 Å². The van der Waals surface area contributed by atoms with Gasteiger partial charge in [0.15, 0.2) is 6.10 Å². The Kier molecular flexibility index (Phi) is 6.08. The third kappa shape index (κ3) is 4.47. The molecule has 0 radical (unpaired) electrons. The lowest BCUT2D eigenvalue weighted by molar-refractivity contribution is -0.130. The zero-order valence-electron chi connectivity index (χ0n) is 17.9. The fourth-order valence-corrected chi connectivity index (χ4v) is 4.93. The number of carbonyl (C=O) groups is 1. The fourth-order valence-electron chi connectivity index (χ4n) is 4.62. The maximum atomic E-state index is 12.7. The van der Waals surface area contributed by atoms with Crippen molar-refractivity contribution in [2.75, 3.05) is 6.54 Å². The van der Waals surface area contributed by atoms with Gasteiger partial charge in [-0.3, -0.25) is 4.79 Å². The molecule has 1 aliphatic carbocycles. The summed E-state index contributed by atoms with van der Waals surface area (Å²) in [7, 11) is 0. The van der Waals surface area contributed by atoms with Crippen LogP contribution in [0.3, 0.4) is 0 Å². The van der Waals surface area contributed by atoms with E-state index in [0.717, 1.165) is 42.7 Å². The van der Waals surface area contributed by atoms with Crippen molar-refractivity contribution in [3.8, 4) is 17.0 Å². The summed E-state index contributed by atoms with van der Waals surface area (Å²) in [5.41, 5.74) is 2.22. The highest BCUT2D eigenvalue weighted by Crippen LogP contribution is 2.47. The summed E-state index contributed by atoms with van der Waals surface area (Å²) in [6, 6.07) is 14.5. The van der Waals surface area contributed by atoms with E-state index in [1.54, 1.807) is 18.2 Å². The van der Waals surface area contributed by atoms with Crippen LogP contribution in [0.2, 0.25) is 10.0 Å². The van der Waals surface area contributed by atoms with E-state index in [-0.39, 0.29) is 17.7 Å². The Hall–Kier alpha value is -2.54. The molecule has 2 heterocycles. The number of aliphatic hydroxyl groups excluding tert-OH is 1. The standard InChI is InChI=1S/C25H24Cl2N2O4/c26-16-4-2-15(3-5-16)19-13-23(33-29-19)25(8-1-9-25)10-11-28-24(31)22-14-20(30)18-12-17(27)6-7-21(18)32-22/h2-7,12-13,20,22,30H,1,8-11,14H2,(H,28,31)/t20-,22-/m1/s1. The monoisotopic (exact) mass is 486 g/mol. The maximum absolute atomic E-state index is 12.7. The summed E-state index contributed by atoms with van der Waals surface area (Å²) in [5.74, 6) is 1.11. The minimum absolute atomic E-state index is 0.124. The highest BCUT2D eigenvalue weighted by molar-refractivity contribution is 6.31. The van der Waals surface area contributed by atoms with Crippen LogP contribution in [0.4, 0.5) is 0 Å². The lowest BCUT2D eigenvalue weighted by atomic mass is 9.65. The molecule has 0 bridgehead atoms. The zero-order chi connectivity index (χ0) is 23.0. The summed E-state index contributed by atoms with van der Waals surface area (Å²) in [4.78, 5) is 12.7. The van der Waals surface area contributed by atoms with E-state index in [4.69, 9.17) is 32.5 Å². The number of nitrogens with one attached hydrogen (secondary N) is 1. The van der Waals surface area contributed by atoms with Crippen LogP contribution in [0.15, 0.2) is 53.1 Å². The van der Waals surface area contributed by atoms with Crippen LogP contribution in [0.5, 0.6) is 5.75 Å². The Morgan fingerprint density at radius 3 is 2.61 bits per heavy atom. The van der Waals surface area contributed by atoms with Crippen molar-refractivity contribution in [2.45, 2.75) is 49.7 Å². The molecule has 1 saturated carbocycles. The maximum Gasteiger partial charge on any atom is 0.261 e. The van der Waals surface area contributed by atoms with Gasteiger partial charge >= 0.3 is 0 Å². The largest absolute Gasteiger partial charge is 0.480 e. The van der Waals surface area contributed by atoms with Crippen molar-refractivity contribution in [2.24, 2.45) is 0 Å². The number of hydrogen-bond acceptors (Lipinski definition) is 5. The van der Waals surface area contributed by atoms with Gasteiger partial charge in [0, 0.05) is 45.6 Å². The van der Waals surface area contributed by atoms with Crippen molar-refractivity contribution in [1.29, 1.82) is 0 Å². The van der Waals surface area contributed by atoms with Crippen molar-refractivity contribution in [1.82, 2.24) is 10.5 Å². The molecule has 1 aromatic heterocycles. The van der Waals surface area contributed by atoms with Gasteiger partial charge in [-0.1, -0.05) is 46.9 Å². The first-order valence-corrected chi connectivity index (χ1v) is 11.8. The number of carbonyl (C=O) groups excluding carboxylic acids is 1. The fraction of sp³-hybridized carbons (Fsp3) is 0.360. The average Bonchev–Trinajstić information content (AvgIpc) is 3.26. The molecule has 1 fully saturated rings. The molecule has 1 aliphatic heterocycles. The predicted octanol–water partition coefficient (Wildman–Crippen LogP) is 5.46. The number of fused-ring (bicyclic) bond motifs is 1. The normalized spacial score (nSPS) is 20.9. The molecule has 33 heavy (non-hydrogen) atoms. The number of aromatic nitrogens is 1. The SMILES string of the molecule is O=C(NCCC1(c2cc(-c3ccc(Cl)cc3)no2)CCC1)[C@H]1C[C@@H](O)c2cc(Cl)ccc2O1. The minimum Gasteiger partial charge on any atom is -0.480 e. The van der Waals surface area contributed by atoms with Crippen LogP contribution in [0.1, 0.15) is 49.5 Å². The van der Waals surface area contributed by atoms with Crippen molar-refractivity contribution in [3.63, 3.8) is 0 Å². The lowest BCUT2D eigenvalue weighted by Crippen LogP contribution is -2.44. The van der Waals surface area contributed by atoms with Gasteiger partial charge in [0.1, 0.15) is 17.2 Å². The summed E-state index contributed by atoms with van der Waals surface area (Å²) < 4.78 is 11.5. The molecule has 6 nitrogen and oxygen atoms in total. The Morgan fingerprint density at radius 2 is 1.88 bits per heavy atom. The first-order valence-electron chi connectivity index (χ1n) is 11.1. The molecule has 5 rings (SSSR count). The third-order valence-corrected chi connectivity index (χ3v) is 7.20. The average molecular weight is 487 g/mol. The number of benzene rings is 2. The molecule has 0 saturated heterocycles. The minimum atomic E-state index is -0.790. The smallest absolute Gasteiger partial charge is 0.261 e. The second kappa shape index (κ2) is 9.01. The number of aliphatic hydroxyl groups is 1. The number of amides is 1. The van der Waals surface area contributed by atoms with E-state index in [1.807, 2.05) is 30.3 Å². The molecule has 8 heteroatoms. The third-order valence-electron chi connectivity index (χ3n) is 6.72. The molecule has 3 aromatic rings. The highest BCUT2D eigenvalue weighted by Gasteiger charge is 2.42. The van der Waals surface area contributed by atoms with Crippen LogP contribution in [-0.4, -0.2) is 28.8 Å². The Balaban J connectivity index is 1.21. The van der Waals surface area contributed by atoms with Crippen molar-refractivity contribution in [3.05, 3.63) is 69.9 Å². The van der Waals surface area contributed by atoms with Gasteiger partial charge in [-0.2, -0.15) is 0 Å². The molecule has 1 amide bonds. The topological polar surface area (TPSA) is 84.6 Å². The molecule has 0 unspecified atom stereocenters. The molecule has 0 spiro atoms. The van der Waals surface area contributed by atoms with Gasteiger partial charge in [0.05, 0.1) is 6.10 Å². The number of halogens is 2. The van der Waals surface area contributed by atoms with Crippen molar-refractivity contribution < 1.29 is 19.2 Å². The van der Waals surface area contributed by atoms with Gasteiger partial charge in [0.2, 0.25) is 0 Å². The van der Waals surface area contributed by atoms with E-state index >= 15 is 0 Å². The van der Waals surface area contributed by atoms with E-state index in [9.17, 15) is 9.90 Å². The number of hydrogen-bond donors (Lipinski definition) is 2. The van der Waals surface area contributed by atoms with E-state index in [1.165, 1.54) is 0 Å². The molecule has 172 valence electrons. The van der Waals surface area contributed by atoms with Gasteiger partial charge < -0.3 is 19.7 Å². The molecule has 2 N–H and O–H groups in total. The summed E-state index contributed by atoms with van der Waals surface area (Å²) in [6.45, 7) is 0.485. The van der Waals surface area contributed by atoms with Crippen LogP contribution in [0, 0.1) is 0 Å². The molecular weight excluding hydrogens is 463 g/mol. The molecule has 2 aliphatic rings. The van der Waals surface area contributed by atoms with E-state index < -0.39 is 12.2 Å². The van der Waals surface area contributed by atoms with E-state index in [2.05, 4.69) is 10.5 Å². The first-order chi connectivity index (χ1) is 15.9. The number of nitrogens with zero attached hydrogens (tertiary/aromatic N) is 1. The van der Waals surface area contributed by atoms with Gasteiger partial charge in [-0.15, -0.1) is 0 Å². The Morgan fingerprint density at radius 1 is 1.12 bits per heavy atom. The van der Waals surface area contributed by atoms with Crippen LogP contribution < -0.4 is 10.1 Å². The lowest BCUT2D eigenvalue weighted by Gasteiger charge is -2.39. The number of rotatable bonds is 6. The van der Waals surface area contributed by atoms with Crippen LogP contribution in [-0.2, 0) is 10.2 Å². The second-order valence-electron chi connectivity index (χ2n) is 8.80. The first kappa shape index (κ1) is 22.3. The molecule has 2 atom stereocenters. The summed E-state index contributed by atoms with van der Waals surface area (Å²) >= 11 is 12.0. The quantitative estimate of drug-likeness (QED) is 0.482. The Bertz CT molecular complexity index is 1160. The highest BCUT2D eigenvalue weighted by atomic mass is 35.5. The van der Waals surface area contributed by atoms with Gasteiger partial charge in [-0.25, -0.2) is 0 Å². The van der Waals surface area contributed by atoms with E-state index in [0.29, 0.717) is 27.9 Å². The van der Waals surface area contributed by atoms with Crippen LogP contribution >= 0.6 is 23.2 Å². The predicted molar refractivity (Wildman–Crippen MR) is 126 cm³/mol. The molecular formula is C25H24Cl2N2O4. The van der Waals surface area contributed by atoms with Crippen molar-refractivity contribution >= 4 is 29.1 Å².